The molecule has 0 fully saturated rings. The molecule has 106 valence electrons. The number of nitrogens with zero attached hydrogens (tertiary/aromatic N) is 1. The second-order valence-corrected chi connectivity index (χ2v) is 6.60. The van der Waals surface area contributed by atoms with Crippen molar-refractivity contribution in [1.82, 2.24) is 5.32 Å². The first-order valence-electron chi connectivity index (χ1n) is 6.28. The van der Waals surface area contributed by atoms with Gasteiger partial charge in [0.1, 0.15) is 5.84 Å². The number of thioether (sulfide) groups is 1. The van der Waals surface area contributed by atoms with Crippen LogP contribution in [0.5, 0.6) is 0 Å². The molecule has 1 aromatic carbocycles. The Morgan fingerprint density at radius 3 is 2.58 bits per heavy atom. The average Bonchev–Trinajstić information content (AvgIpc) is 2.44. The predicted molar refractivity (Wildman–Crippen MR) is 83.1 cm³/mol. The van der Waals surface area contributed by atoms with Crippen LogP contribution < -0.4 is 11.1 Å². The van der Waals surface area contributed by atoms with E-state index in [2.05, 4.69) is 30.6 Å². The van der Waals surface area contributed by atoms with Crippen LogP contribution in [-0.4, -0.2) is 35.1 Å². The van der Waals surface area contributed by atoms with E-state index in [-0.39, 0.29) is 16.5 Å². The van der Waals surface area contributed by atoms with Gasteiger partial charge in [0.05, 0.1) is 5.92 Å². The maximum Gasteiger partial charge on any atom is 0.147 e. The van der Waals surface area contributed by atoms with Crippen LogP contribution in [-0.2, 0) is 0 Å². The number of nitrogens with two attached hydrogens (primary N) is 1. The van der Waals surface area contributed by atoms with Crippen LogP contribution in [0.1, 0.15) is 25.3 Å². The summed E-state index contributed by atoms with van der Waals surface area (Å²) in [5.74, 6) is 0.129. The fourth-order valence-electron chi connectivity index (χ4n) is 1.74. The Hall–Kier alpha value is -1.20. The molecular formula is C14H23N3OS. The Morgan fingerprint density at radius 2 is 2.05 bits per heavy atom. The molecule has 1 rings (SSSR count). The SMILES string of the molecule is CSC(C)(C)CNCC(/C(N)=N/O)c1ccccc1. The number of amidine groups is 1. The molecule has 0 saturated carbocycles. The summed E-state index contributed by atoms with van der Waals surface area (Å²) in [6.07, 6.45) is 2.10. The van der Waals surface area contributed by atoms with Crippen molar-refractivity contribution in [1.29, 1.82) is 0 Å². The standard InChI is InChI=1S/C14H23N3OS/c1-14(2,19-3)10-16-9-12(13(15)17-18)11-7-5-4-6-8-11/h4-8,12,16,18H,9-10H2,1-3H3,(H2,15,17). The number of rotatable bonds is 7. The first kappa shape index (κ1) is 15.9. The van der Waals surface area contributed by atoms with Crippen molar-refractivity contribution >= 4 is 17.6 Å². The Balaban J connectivity index is 2.68. The van der Waals surface area contributed by atoms with Gasteiger partial charge >= 0.3 is 0 Å². The summed E-state index contributed by atoms with van der Waals surface area (Å²) in [6.45, 7) is 5.90. The number of oxime groups is 1. The highest BCUT2D eigenvalue weighted by Crippen LogP contribution is 2.20. The monoisotopic (exact) mass is 281 g/mol. The van der Waals surface area contributed by atoms with Gasteiger partial charge in [0, 0.05) is 17.8 Å². The molecule has 5 heteroatoms. The van der Waals surface area contributed by atoms with Crippen molar-refractivity contribution in [3.8, 4) is 0 Å². The van der Waals surface area contributed by atoms with Gasteiger partial charge in [-0.15, -0.1) is 0 Å². The third-order valence-corrected chi connectivity index (χ3v) is 4.38. The predicted octanol–water partition coefficient (Wildman–Crippen LogP) is 2.25. The molecule has 1 atom stereocenters. The lowest BCUT2D eigenvalue weighted by atomic mass is 9.98. The summed E-state index contributed by atoms with van der Waals surface area (Å²) in [6, 6.07) is 9.85. The van der Waals surface area contributed by atoms with Gasteiger partial charge in [-0.05, 0) is 25.7 Å². The van der Waals surface area contributed by atoms with E-state index in [0.29, 0.717) is 6.54 Å². The van der Waals surface area contributed by atoms with Crippen LogP contribution in [0.15, 0.2) is 35.5 Å². The number of nitrogens with one attached hydrogen (secondary N) is 1. The highest BCUT2D eigenvalue weighted by atomic mass is 32.2. The van der Waals surface area contributed by atoms with Crippen molar-refractivity contribution in [2.45, 2.75) is 24.5 Å². The normalized spacial score (nSPS) is 14.4. The first-order chi connectivity index (χ1) is 9.00. The first-order valence-corrected chi connectivity index (χ1v) is 7.51. The van der Waals surface area contributed by atoms with E-state index in [0.717, 1.165) is 12.1 Å². The molecule has 1 unspecified atom stereocenters. The molecule has 0 aliphatic rings. The van der Waals surface area contributed by atoms with Gasteiger partial charge < -0.3 is 16.3 Å². The topological polar surface area (TPSA) is 70.6 Å². The lowest BCUT2D eigenvalue weighted by molar-refractivity contribution is 0.315. The van der Waals surface area contributed by atoms with E-state index in [4.69, 9.17) is 10.9 Å². The van der Waals surface area contributed by atoms with Gasteiger partial charge in [-0.3, -0.25) is 0 Å². The zero-order valence-electron chi connectivity index (χ0n) is 11.8. The molecule has 0 aromatic heterocycles. The molecular weight excluding hydrogens is 258 g/mol. The fourth-order valence-corrected chi connectivity index (χ4v) is 1.98. The van der Waals surface area contributed by atoms with Crippen LogP contribution in [0, 0.1) is 0 Å². The molecule has 0 bridgehead atoms. The van der Waals surface area contributed by atoms with E-state index in [9.17, 15) is 0 Å². The number of hydrogen-bond acceptors (Lipinski definition) is 4. The third kappa shape index (κ3) is 5.12. The second-order valence-electron chi connectivity index (χ2n) is 5.08. The molecule has 4 N–H and O–H groups in total. The zero-order valence-corrected chi connectivity index (χ0v) is 12.6. The smallest absolute Gasteiger partial charge is 0.147 e. The lowest BCUT2D eigenvalue weighted by Crippen LogP contribution is -2.37. The molecule has 0 amide bonds. The van der Waals surface area contributed by atoms with Crippen LogP contribution in [0.3, 0.4) is 0 Å². The Kier molecular flexibility index (Phi) is 6.18. The van der Waals surface area contributed by atoms with Gasteiger partial charge in [0.15, 0.2) is 0 Å². The van der Waals surface area contributed by atoms with Gasteiger partial charge in [0.2, 0.25) is 0 Å². The largest absolute Gasteiger partial charge is 0.409 e. The molecule has 0 heterocycles. The molecule has 0 saturated heterocycles. The van der Waals surface area contributed by atoms with E-state index in [1.807, 2.05) is 42.1 Å². The summed E-state index contributed by atoms with van der Waals surface area (Å²) in [5.41, 5.74) is 6.83. The lowest BCUT2D eigenvalue weighted by Gasteiger charge is -2.24. The van der Waals surface area contributed by atoms with Gasteiger partial charge in [-0.1, -0.05) is 35.5 Å². The number of hydrogen-bond donors (Lipinski definition) is 3. The quantitative estimate of drug-likeness (QED) is 0.310. The van der Waals surface area contributed by atoms with E-state index < -0.39 is 0 Å². The Labute approximate surface area is 119 Å². The maximum absolute atomic E-state index is 8.90. The summed E-state index contributed by atoms with van der Waals surface area (Å²) < 4.78 is 0.173. The average molecular weight is 281 g/mol. The molecule has 0 spiro atoms. The van der Waals surface area contributed by atoms with Gasteiger partial charge in [-0.2, -0.15) is 11.8 Å². The molecule has 4 nitrogen and oxygen atoms in total. The Bertz CT molecular complexity index is 406. The van der Waals surface area contributed by atoms with Gasteiger partial charge in [0.25, 0.3) is 0 Å². The van der Waals surface area contributed by atoms with Crippen LogP contribution in [0.25, 0.3) is 0 Å². The third-order valence-electron chi connectivity index (χ3n) is 3.13. The second kappa shape index (κ2) is 7.40. The molecule has 0 radical (unpaired) electrons. The minimum absolute atomic E-state index is 0.108. The minimum atomic E-state index is -0.108. The fraction of sp³-hybridized carbons (Fsp3) is 0.500. The maximum atomic E-state index is 8.90. The Morgan fingerprint density at radius 1 is 1.42 bits per heavy atom. The zero-order chi connectivity index (χ0) is 14.3. The summed E-state index contributed by atoms with van der Waals surface area (Å²) in [5, 5.41) is 15.5. The molecule has 0 aliphatic heterocycles. The van der Waals surface area contributed by atoms with Crippen LogP contribution in [0.4, 0.5) is 0 Å². The van der Waals surface area contributed by atoms with Crippen molar-refractivity contribution in [3.63, 3.8) is 0 Å². The van der Waals surface area contributed by atoms with Crippen molar-refractivity contribution in [3.05, 3.63) is 35.9 Å². The number of benzene rings is 1. The van der Waals surface area contributed by atoms with Crippen LogP contribution in [0.2, 0.25) is 0 Å². The highest BCUT2D eigenvalue weighted by Gasteiger charge is 2.19. The molecule has 0 aliphatic carbocycles. The minimum Gasteiger partial charge on any atom is -0.409 e. The van der Waals surface area contributed by atoms with Crippen molar-refractivity contribution < 1.29 is 5.21 Å². The highest BCUT2D eigenvalue weighted by molar-refractivity contribution is 7.99. The van der Waals surface area contributed by atoms with Crippen molar-refractivity contribution in [2.75, 3.05) is 19.3 Å². The van der Waals surface area contributed by atoms with Crippen molar-refractivity contribution in [2.24, 2.45) is 10.9 Å². The van der Waals surface area contributed by atoms with Gasteiger partial charge in [-0.25, -0.2) is 0 Å². The molecule has 19 heavy (non-hydrogen) atoms. The van der Waals surface area contributed by atoms with E-state index >= 15 is 0 Å². The molecule has 1 aromatic rings. The summed E-state index contributed by atoms with van der Waals surface area (Å²) in [7, 11) is 0. The summed E-state index contributed by atoms with van der Waals surface area (Å²) >= 11 is 1.82. The van der Waals surface area contributed by atoms with Crippen LogP contribution >= 0.6 is 11.8 Å². The summed E-state index contributed by atoms with van der Waals surface area (Å²) in [4.78, 5) is 0. The van der Waals surface area contributed by atoms with E-state index in [1.54, 1.807) is 0 Å². The van der Waals surface area contributed by atoms with E-state index in [1.165, 1.54) is 0 Å².